The molecule has 0 aliphatic heterocycles. The number of carbonyl (C=O) groups is 1. The summed E-state index contributed by atoms with van der Waals surface area (Å²) in [5.41, 5.74) is 8.27. The lowest BCUT2D eigenvalue weighted by molar-refractivity contribution is 0.102. The van der Waals surface area contributed by atoms with E-state index in [1.807, 2.05) is 19.1 Å². The Morgan fingerprint density at radius 3 is 2.68 bits per heavy atom. The Morgan fingerprint density at radius 2 is 2.00 bits per heavy atom. The topological polar surface area (TPSA) is 55.1 Å². The van der Waals surface area contributed by atoms with Crippen LogP contribution in [-0.2, 0) is 0 Å². The van der Waals surface area contributed by atoms with Crippen LogP contribution in [0.3, 0.4) is 0 Å². The smallest absolute Gasteiger partial charge is 0.256 e. The van der Waals surface area contributed by atoms with Crippen molar-refractivity contribution >= 4 is 51.5 Å². The molecule has 0 radical (unpaired) electrons. The van der Waals surface area contributed by atoms with Gasteiger partial charge >= 0.3 is 0 Å². The molecule has 3 nitrogen and oxygen atoms in total. The minimum Gasteiger partial charge on any atom is -0.399 e. The van der Waals surface area contributed by atoms with Gasteiger partial charge < -0.3 is 11.1 Å². The molecule has 0 aromatic heterocycles. The molecule has 0 heterocycles. The Kier molecular flexibility index (Phi) is 4.31. The molecule has 3 N–H and O–H groups in total. The van der Waals surface area contributed by atoms with Crippen LogP contribution >= 0.6 is 34.2 Å². The first-order valence-electron chi connectivity index (χ1n) is 5.60. The van der Waals surface area contributed by atoms with Crippen LogP contribution in [0.5, 0.6) is 0 Å². The molecule has 5 heteroatoms. The van der Waals surface area contributed by atoms with E-state index < -0.39 is 0 Å². The van der Waals surface area contributed by atoms with Crippen LogP contribution in [-0.4, -0.2) is 5.91 Å². The van der Waals surface area contributed by atoms with Gasteiger partial charge in [0.15, 0.2) is 0 Å². The average molecular weight is 387 g/mol. The molecular formula is C14H12ClIN2O. The van der Waals surface area contributed by atoms with Crippen molar-refractivity contribution in [2.24, 2.45) is 0 Å². The highest BCUT2D eigenvalue weighted by Gasteiger charge is 2.11. The van der Waals surface area contributed by atoms with Gasteiger partial charge in [-0.05, 0) is 65.4 Å². The van der Waals surface area contributed by atoms with E-state index in [0.29, 0.717) is 22.0 Å². The fraction of sp³-hybridized carbons (Fsp3) is 0.0714. The largest absolute Gasteiger partial charge is 0.399 e. The summed E-state index contributed by atoms with van der Waals surface area (Å²) in [4.78, 5) is 12.2. The highest BCUT2D eigenvalue weighted by Crippen LogP contribution is 2.25. The Bertz CT molecular complexity index is 643. The average Bonchev–Trinajstić information content (AvgIpc) is 2.35. The zero-order valence-corrected chi connectivity index (χ0v) is 13.1. The van der Waals surface area contributed by atoms with E-state index in [4.69, 9.17) is 17.3 Å². The maximum atomic E-state index is 12.2. The highest BCUT2D eigenvalue weighted by atomic mass is 127. The summed E-state index contributed by atoms with van der Waals surface area (Å²) in [5.74, 6) is -0.215. The zero-order valence-electron chi connectivity index (χ0n) is 10.2. The SMILES string of the molecule is Cc1ccc(N)cc1C(=O)Nc1ccc(I)cc1Cl. The van der Waals surface area contributed by atoms with Crippen molar-refractivity contribution in [2.75, 3.05) is 11.1 Å². The van der Waals surface area contributed by atoms with Crippen LogP contribution < -0.4 is 11.1 Å². The lowest BCUT2D eigenvalue weighted by Gasteiger charge is -2.10. The second-order valence-corrected chi connectivity index (χ2v) is 5.81. The van der Waals surface area contributed by atoms with E-state index >= 15 is 0 Å². The third-order valence-corrected chi connectivity index (χ3v) is 3.67. The molecule has 0 aliphatic rings. The van der Waals surface area contributed by atoms with E-state index in [0.717, 1.165) is 9.13 Å². The number of hydrogen-bond acceptors (Lipinski definition) is 2. The number of anilines is 2. The molecule has 2 aromatic carbocycles. The first-order valence-corrected chi connectivity index (χ1v) is 7.05. The molecular weight excluding hydrogens is 375 g/mol. The third kappa shape index (κ3) is 3.39. The molecule has 98 valence electrons. The summed E-state index contributed by atoms with van der Waals surface area (Å²) in [6.45, 7) is 1.86. The number of nitrogens with one attached hydrogen (secondary N) is 1. The second kappa shape index (κ2) is 5.79. The summed E-state index contributed by atoms with van der Waals surface area (Å²) in [6, 6.07) is 10.7. The molecule has 1 amide bonds. The summed E-state index contributed by atoms with van der Waals surface area (Å²) >= 11 is 8.25. The van der Waals surface area contributed by atoms with Crippen LogP contribution in [0.15, 0.2) is 36.4 Å². The van der Waals surface area contributed by atoms with Gasteiger partial charge in [0, 0.05) is 14.8 Å². The third-order valence-electron chi connectivity index (χ3n) is 2.69. The second-order valence-electron chi connectivity index (χ2n) is 4.15. The van der Waals surface area contributed by atoms with Crippen molar-refractivity contribution in [2.45, 2.75) is 6.92 Å². The van der Waals surface area contributed by atoms with Gasteiger partial charge in [-0.3, -0.25) is 4.79 Å². The van der Waals surface area contributed by atoms with Gasteiger partial charge in [0.25, 0.3) is 5.91 Å². The Morgan fingerprint density at radius 1 is 1.26 bits per heavy atom. The van der Waals surface area contributed by atoms with Crippen molar-refractivity contribution in [3.05, 3.63) is 56.1 Å². The summed E-state index contributed by atoms with van der Waals surface area (Å²) in [6.07, 6.45) is 0. The molecule has 0 fully saturated rings. The first kappa shape index (κ1) is 14.1. The molecule has 19 heavy (non-hydrogen) atoms. The number of aryl methyl sites for hydroxylation is 1. The minimum absolute atomic E-state index is 0.215. The predicted octanol–water partition coefficient (Wildman–Crippen LogP) is 4.09. The van der Waals surface area contributed by atoms with Gasteiger partial charge in [0.2, 0.25) is 0 Å². The van der Waals surface area contributed by atoms with Gasteiger partial charge in [-0.1, -0.05) is 17.7 Å². The van der Waals surface area contributed by atoms with E-state index in [1.54, 1.807) is 24.3 Å². The molecule has 0 unspecified atom stereocenters. The van der Waals surface area contributed by atoms with Gasteiger partial charge in [0.05, 0.1) is 10.7 Å². The highest BCUT2D eigenvalue weighted by molar-refractivity contribution is 14.1. The summed E-state index contributed by atoms with van der Waals surface area (Å²) in [7, 11) is 0. The van der Waals surface area contributed by atoms with Crippen molar-refractivity contribution in [3.8, 4) is 0 Å². The van der Waals surface area contributed by atoms with Crippen molar-refractivity contribution in [3.63, 3.8) is 0 Å². The van der Waals surface area contributed by atoms with E-state index in [-0.39, 0.29) is 5.91 Å². The summed E-state index contributed by atoms with van der Waals surface area (Å²) in [5, 5.41) is 3.31. The molecule has 0 aliphatic carbocycles. The van der Waals surface area contributed by atoms with Gasteiger partial charge in [-0.2, -0.15) is 0 Å². The molecule has 0 saturated carbocycles. The number of benzene rings is 2. The van der Waals surface area contributed by atoms with Crippen LogP contribution in [0, 0.1) is 10.5 Å². The van der Waals surface area contributed by atoms with Crippen molar-refractivity contribution in [1.82, 2.24) is 0 Å². The Labute approximate surface area is 130 Å². The fourth-order valence-corrected chi connectivity index (χ4v) is 2.57. The van der Waals surface area contributed by atoms with Gasteiger partial charge in [-0.15, -0.1) is 0 Å². The lowest BCUT2D eigenvalue weighted by atomic mass is 10.1. The molecule has 2 aromatic rings. The number of rotatable bonds is 2. The predicted molar refractivity (Wildman–Crippen MR) is 87.7 cm³/mol. The molecule has 2 rings (SSSR count). The number of nitrogens with two attached hydrogens (primary N) is 1. The number of hydrogen-bond donors (Lipinski definition) is 2. The normalized spacial score (nSPS) is 10.3. The lowest BCUT2D eigenvalue weighted by Crippen LogP contribution is -2.14. The minimum atomic E-state index is -0.215. The van der Waals surface area contributed by atoms with Gasteiger partial charge in [0.1, 0.15) is 0 Å². The number of halogens is 2. The molecule has 0 saturated heterocycles. The molecule has 0 atom stereocenters. The molecule has 0 bridgehead atoms. The van der Waals surface area contributed by atoms with Crippen LogP contribution in [0.1, 0.15) is 15.9 Å². The van der Waals surface area contributed by atoms with Crippen molar-refractivity contribution in [1.29, 1.82) is 0 Å². The maximum absolute atomic E-state index is 12.2. The van der Waals surface area contributed by atoms with Crippen LogP contribution in [0.25, 0.3) is 0 Å². The standard InChI is InChI=1S/C14H12ClIN2O/c1-8-2-4-10(17)7-11(8)14(19)18-13-5-3-9(16)6-12(13)15/h2-7H,17H2,1H3,(H,18,19). The Hall–Kier alpha value is -1.27. The summed E-state index contributed by atoms with van der Waals surface area (Å²) < 4.78 is 1.01. The van der Waals surface area contributed by atoms with E-state index in [1.165, 1.54) is 0 Å². The van der Waals surface area contributed by atoms with E-state index in [9.17, 15) is 4.79 Å². The number of carbonyl (C=O) groups excluding carboxylic acids is 1. The zero-order chi connectivity index (χ0) is 14.0. The monoisotopic (exact) mass is 386 g/mol. The number of amides is 1. The first-order chi connectivity index (χ1) is 8.97. The number of nitrogen functional groups attached to an aromatic ring is 1. The Balaban J connectivity index is 2.28. The van der Waals surface area contributed by atoms with Crippen LogP contribution in [0.4, 0.5) is 11.4 Å². The van der Waals surface area contributed by atoms with Crippen molar-refractivity contribution < 1.29 is 4.79 Å². The fourth-order valence-electron chi connectivity index (χ4n) is 1.66. The van der Waals surface area contributed by atoms with E-state index in [2.05, 4.69) is 27.9 Å². The quantitative estimate of drug-likeness (QED) is 0.603. The maximum Gasteiger partial charge on any atom is 0.256 e. The van der Waals surface area contributed by atoms with Crippen LogP contribution in [0.2, 0.25) is 5.02 Å². The molecule has 0 spiro atoms. The van der Waals surface area contributed by atoms with Gasteiger partial charge in [-0.25, -0.2) is 0 Å².